The second-order valence-electron chi connectivity index (χ2n) is 4.55. The number of likely N-dealkylation sites (N-methyl/N-ethyl adjacent to an activating group) is 1. The molecule has 0 radical (unpaired) electrons. The first-order valence-electron chi connectivity index (χ1n) is 6.43. The number of nitrogens with zero attached hydrogens (tertiary/aromatic N) is 4. The molecule has 2 heterocycles. The Labute approximate surface area is 123 Å². The molecule has 0 fully saturated rings. The molecular formula is C14H17ClN4O. The van der Waals surface area contributed by atoms with E-state index in [-0.39, 0.29) is 0 Å². The van der Waals surface area contributed by atoms with Gasteiger partial charge in [-0.15, -0.1) is 11.6 Å². The van der Waals surface area contributed by atoms with Gasteiger partial charge in [0.15, 0.2) is 6.29 Å². The molecule has 0 aliphatic rings. The van der Waals surface area contributed by atoms with Gasteiger partial charge in [-0.2, -0.15) is 5.10 Å². The topological polar surface area (TPSA) is 51.0 Å². The summed E-state index contributed by atoms with van der Waals surface area (Å²) in [6, 6.07) is 3.74. The van der Waals surface area contributed by atoms with Crippen LogP contribution in [0.1, 0.15) is 16.1 Å². The van der Waals surface area contributed by atoms with Crippen molar-refractivity contribution in [3.63, 3.8) is 0 Å². The summed E-state index contributed by atoms with van der Waals surface area (Å²) in [6.45, 7) is 1.64. The molecule has 0 N–H and O–H groups in total. The van der Waals surface area contributed by atoms with Crippen molar-refractivity contribution in [1.29, 1.82) is 0 Å². The van der Waals surface area contributed by atoms with Crippen LogP contribution in [0, 0.1) is 0 Å². The summed E-state index contributed by atoms with van der Waals surface area (Å²) < 4.78 is 1.69. The van der Waals surface area contributed by atoms with Crippen LogP contribution in [0.25, 0.3) is 5.69 Å². The van der Waals surface area contributed by atoms with Crippen LogP contribution in [0.15, 0.2) is 30.7 Å². The van der Waals surface area contributed by atoms with E-state index in [9.17, 15) is 4.79 Å². The van der Waals surface area contributed by atoms with Crippen LogP contribution < -0.4 is 0 Å². The third kappa shape index (κ3) is 3.65. The molecule has 0 amide bonds. The van der Waals surface area contributed by atoms with Gasteiger partial charge >= 0.3 is 0 Å². The molecule has 2 aromatic rings. The Hall–Kier alpha value is -1.72. The molecule has 0 atom stereocenters. The zero-order chi connectivity index (χ0) is 14.4. The standard InChI is InChI=1S/C14H17ClN4O/c1-18(8-5-15)7-4-14-12(11-20)10-19(17-14)13-3-2-6-16-9-13/h2-3,6,9-11H,4-5,7-8H2,1H3. The Kier molecular flexibility index (Phi) is 5.26. The summed E-state index contributed by atoms with van der Waals surface area (Å²) in [5, 5.41) is 4.47. The number of alkyl halides is 1. The molecular weight excluding hydrogens is 276 g/mol. The van der Waals surface area contributed by atoms with Crippen molar-refractivity contribution in [1.82, 2.24) is 19.7 Å². The second-order valence-corrected chi connectivity index (χ2v) is 4.93. The van der Waals surface area contributed by atoms with Gasteiger partial charge in [-0.3, -0.25) is 9.78 Å². The highest BCUT2D eigenvalue weighted by molar-refractivity contribution is 6.18. The number of halogens is 1. The van der Waals surface area contributed by atoms with Crippen LogP contribution in [0.4, 0.5) is 0 Å². The predicted molar refractivity (Wildman–Crippen MR) is 78.7 cm³/mol. The Bertz CT molecular complexity index is 556. The van der Waals surface area contributed by atoms with Crippen LogP contribution >= 0.6 is 11.6 Å². The molecule has 0 saturated heterocycles. The minimum absolute atomic E-state index is 0.598. The Morgan fingerprint density at radius 1 is 1.45 bits per heavy atom. The number of rotatable bonds is 7. The number of hydrogen-bond acceptors (Lipinski definition) is 4. The van der Waals surface area contributed by atoms with E-state index in [1.54, 1.807) is 23.3 Å². The molecule has 2 aromatic heterocycles. The SMILES string of the molecule is CN(CCCl)CCc1nn(-c2cccnc2)cc1C=O. The number of carbonyl (C=O) groups excluding carboxylic acids is 1. The summed E-state index contributed by atoms with van der Waals surface area (Å²) >= 11 is 5.70. The third-order valence-corrected chi connectivity index (χ3v) is 3.23. The first-order valence-corrected chi connectivity index (χ1v) is 6.96. The fraction of sp³-hybridized carbons (Fsp3) is 0.357. The average molecular weight is 293 g/mol. The third-order valence-electron chi connectivity index (χ3n) is 3.06. The predicted octanol–water partition coefficient (Wildman–Crippen LogP) is 1.79. The highest BCUT2D eigenvalue weighted by Gasteiger charge is 2.10. The molecule has 6 heteroatoms. The summed E-state index contributed by atoms with van der Waals surface area (Å²) in [5.74, 6) is 0.598. The maximum absolute atomic E-state index is 11.1. The van der Waals surface area contributed by atoms with Crippen LogP contribution in [-0.4, -0.2) is 52.0 Å². The highest BCUT2D eigenvalue weighted by atomic mass is 35.5. The molecule has 0 saturated carbocycles. The fourth-order valence-electron chi connectivity index (χ4n) is 1.89. The lowest BCUT2D eigenvalue weighted by Gasteiger charge is -2.13. The Balaban J connectivity index is 2.13. The average Bonchev–Trinajstić information content (AvgIpc) is 2.90. The largest absolute Gasteiger partial charge is 0.305 e. The summed E-state index contributed by atoms with van der Waals surface area (Å²) in [5.41, 5.74) is 2.26. The zero-order valence-corrected chi connectivity index (χ0v) is 12.1. The number of hydrogen-bond donors (Lipinski definition) is 0. The molecule has 0 aromatic carbocycles. The lowest BCUT2D eigenvalue weighted by Crippen LogP contribution is -2.23. The molecule has 0 aliphatic heterocycles. The van der Waals surface area contributed by atoms with Crippen LogP contribution in [0.5, 0.6) is 0 Å². The lowest BCUT2D eigenvalue weighted by molar-refractivity contribution is 0.112. The van der Waals surface area contributed by atoms with Gasteiger partial charge in [0.05, 0.1) is 23.1 Å². The fourth-order valence-corrected chi connectivity index (χ4v) is 2.18. The summed E-state index contributed by atoms with van der Waals surface area (Å²) in [6.07, 6.45) is 6.72. The van der Waals surface area contributed by atoms with E-state index in [1.165, 1.54) is 0 Å². The maximum Gasteiger partial charge on any atom is 0.153 e. The van der Waals surface area contributed by atoms with E-state index in [0.717, 1.165) is 30.8 Å². The van der Waals surface area contributed by atoms with Crippen molar-refractivity contribution in [3.8, 4) is 5.69 Å². The van der Waals surface area contributed by atoms with Crippen molar-refractivity contribution in [3.05, 3.63) is 42.0 Å². The summed E-state index contributed by atoms with van der Waals surface area (Å²) in [7, 11) is 2.00. The number of pyridine rings is 1. The van der Waals surface area contributed by atoms with Gasteiger partial charge in [0.1, 0.15) is 0 Å². The van der Waals surface area contributed by atoms with Crippen LogP contribution in [-0.2, 0) is 6.42 Å². The molecule has 0 spiro atoms. The smallest absolute Gasteiger partial charge is 0.153 e. The van der Waals surface area contributed by atoms with Gasteiger partial charge in [0.2, 0.25) is 0 Å². The van der Waals surface area contributed by atoms with Gasteiger partial charge in [0.25, 0.3) is 0 Å². The first-order chi connectivity index (χ1) is 9.74. The van der Waals surface area contributed by atoms with Crippen LogP contribution in [0.3, 0.4) is 0 Å². The van der Waals surface area contributed by atoms with Gasteiger partial charge in [0, 0.05) is 37.8 Å². The quantitative estimate of drug-likeness (QED) is 0.577. The van der Waals surface area contributed by atoms with E-state index in [1.807, 2.05) is 19.2 Å². The molecule has 5 nitrogen and oxygen atoms in total. The number of aromatic nitrogens is 3. The minimum Gasteiger partial charge on any atom is -0.305 e. The van der Waals surface area contributed by atoms with E-state index in [0.29, 0.717) is 17.9 Å². The highest BCUT2D eigenvalue weighted by Crippen LogP contribution is 2.11. The molecule has 2 rings (SSSR count). The first kappa shape index (κ1) is 14.7. The van der Waals surface area contributed by atoms with Crippen molar-refractivity contribution in [2.45, 2.75) is 6.42 Å². The van der Waals surface area contributed by atoms with Gasteiger partial charge < -0.3 is 4.90 Å². The molecule has 0 aliphatic carbocycles. The van der Waals surface area contributed by atoms with E-state index in [4.69, 9.17) is 11.6 Å². The van der Waals surface area contributed by atoms with E-state index < -0.39 is 0 Å². The molecule has 0 bridgehead atoms. The number of carbonyl (C=O) groups is 1. The van der Waals surface area contributed by atoms with Gasteiger partial charge in [-0.05, 0) is 19.2 Å². The Morgan fingerprint density at radius 3 is 2.95 bits per heavy atom. The van der Waals surface area contributed by atoms with E-state index in [2.05, 4.69) is 15.0 Å². The zero-order valence-electron chi connectivity index (χ0n) is 11.4. The molecule has 20 heavy (non-hydrogen) atoms. The van der Waals surface area contributed by atoms with Gasteiger partial charge in [-0.1, -0.05) is 0 Å². The van der Waals surface area contributed by atoms with E-state index >= 15 is 0 Å². The molecule has 0 unspecified atom stereocenters. The maximum atomic E-state index is 11.1. The normalized spacial score (nSPS) is 10.9. The van der Waals surface area contributed by atoms with Gasteiger partial charge in [-0.25, -0.2) is 4.68 Å². The van der Waals surface area contributed by atoms with Crippen molar-refractivity contribution in [2.24, 2.45) is 0 Å². The number of aldehydes is 1. The summed E-state index contributed by atoms with van der Waals surface area (Å²) in [4.78, 5) is 17.3. The minimum atomic E-state index is 0.598. The lowest BCUT2D eigenvalue weighted by atomic mass is 10.2. The second kappa shape index (κ2) is 7.17. The van der Waals surface area contributed by atoms with Crippen LogP contribution in [0.2, 0.25) is 0 Å². The van der Waals surface area contributed by atoms with Crippen molar-refractivity contribution >= 4 is 17.9 Å². The van der Waals surface area contributed by atoms with Crippen molar-refractivity contribution < 1.29 is 4.79 Å². The van der Waals surface area contributed by atoms with Crippen molar-refractivity contribution in [2.75, 3.05) is 26.0 Å². The molecule has 106 valence electrons. The monoisotopic (exact) mass is 292 g/mol. The Morgan fingerprint density at radius 2 is 2.30 bits per heavy atom.